The van der Waals surface area contributed by atoms with Crippen molar-refractivity contribution >= 4 is 5.78 Å². The number of carbonyl (C=O) groups excluding carboxylic acids is 1. The predicted molar refractivity (Wildman–Crippen MR) is 85.9 cm³/mol. The molecule has 4 aliphatic carbocycles. The van der Waals surface area contributed by atoms with E-state index in [4.69, 9.17) is 0 Å². The summed E-state index contributed by atoms with van der Waals surface area (Å²) in [6.45, 7) is 7.07. The average Bonchev–Trinajstić information content (AvgIpc) is 2.85. The molecule has 2 saturated carbocycles. The molecule has 4 aliphatic rings. The zero-order valence-corrected chi connectivity index (χ0v) is 13.7. The van der Waals surface area contributed by atoms with Crippen LogP contribution in [0, 0.1) is 28.6 Å². The van der Waals surface area contributed by atoms with Gasteiger partial charge in [-0.25, -0.2) is 0 Å². The lowest BCUT2D eigenvalue weighted by atomic mass is 9.47. The smallest absolute Gasteiger partial charge is 0.158 e. The molecule has 1 nitrogen and oxygen atoms in total. The van der Waals surface area contributed by atoms with Crippen LogP contribution >= 0.6 is 0 Å². The summed E-state index contributed by atoms with van der Waals surface area (Å²) in [5, 5.41) is 0. The summed E-state index contributed by atoms with van der Waals surface area (Å²) in [5.74, 6) is 2.99. The van der Waals surface area contributed by atoms with Crippen LogP contribution in [-0.4, -0.2) is 5.78 Å². The Bertz CT molecular complexity index is 554. The van der Waals surface area contributed by atoms with Crippen LogP contribution in [0.15, 0.2) is 23.3 Å². The second-order valence-corrected chi connectivity index (χ2v) is 8.54. The van der Waals surface area contributed by atoms with Gasteiger partial charge in [0.2, 0.25) is 0 Å². The Morgan fingerprint density at radius 2 is 1.90 bits per heavy atom. The minimum Gasteiger partial charge on any atom is -0.295 e. The minimum absolute atomic E-state index is 0.324. The van der Waals surface area contributed by atoms with E-state index in [-0.39, 0.29) is 0 Å². The molecule has 0 radical (unpaired) electrons. The Labute approximate surface area is 128 Å². The van der Waals surface area contributed by atoms with Gasteiger partial charge in [0.1, 0.15) is 0 Å². The number of ketones is 1. The molecule has 0 heterocycles. The zero-order chi connectivity index (χ0) is 14.8. The van der Waals surface area contributed by atoms with Gasteiger partial charge in [0.05, 0.1) is 0 Å². The molecule has 0 aromatic carbocycles. The van der Waals surface area contributed by atoms with Crippen LogP contribution in [-0.2, 0) is 4.79 Å². The first kappa shape index (κ1) is 13.8. The highest BCUT2D eigenvalue weighted by atomic mass is 16.1. The summed E-state index contributed by atoms with van der Waals surface area (Å²) in [6, 6.07) is 0. The van der Waals surface area contributed by atoms with E-state index >= 15 is 0 Å². The first-order valence-corrected chi connectivity index (χ1v) is 8.87. The molecule has 5 atom stereocenters. The molecule has 0 aromatic heterocycles. The maximum atomic E-state index is 12.1. The lowest BCUT2D eigenvalue weighted by Gasteiger charge is -2.57. The van der Waals surface area contributed by atoms with Gasteiger partial charge in [-0.1, -0.05) is 31.6 Å². The SMILES string of the molecule is CC1=C2CC[C@H]3[C@@H]4CC=C[C@@]4(C)CC[C@@H]3[C@@]2(C)CCC1=O. The van der Waals surface area contributed by atoms with Crippen molar-refractivity contribution < 1.29 is 4.79 Å². The van der Waals surface area contributed by atoms with Gasteiger partial charge in [-0.3, -0.25) is 4.79 Å². The summed E-state index contributed by atoms with van der Waals surface area (Å²) in [4.78, 5) is 12.1. The van der Waals surface area contributed by atoms with Gasteiger partial charge < -0.3 is 0 Å². The Kier molecular flexibility index (Phi) is 2.85. The summed E-state index contributed by atoms with van der Waals surface area (Å²) in [6.07, 6.45) is 13.4. The highest BCUT2D eigenvalue weighted by Gasteiger charge is 2.55. The maximum absolute atomic E-state index is 12.1. The van der Waals surface area contributed by atoms with E-state index in [1.165, 1.54) is 37.7 Å². The molecule has 0 spiro atoms. The molecule has 0 unspecified atom stereocenters. The Balaban J connectivity index is 1.73. The summed E-state index contributed by atoms with van der Waals surface area (Å²) in [7, 11) is 0. The molecule has 0 amide bonds. The summed E-state index contributed by atoms with van der Waals surface area (Å²) < 4.78 is 0. The second kappa shape index (κ2) is 4.33. The maximum Gasteiger partial charge on any atom is 0.158 e. The number of carbonyl (C=O) groups is 1. The van der Waals surface area contributed by atoms with Crippen molar-refractivity contribution in [1.29, 1.82) is 0 Å². The van der Waals surface area contributed by atoms with Crippen molar-refractivity contribution in [2.24, 2.45) is 28.6 Å². The monoisotopic (exact) mass is 284 g/mol. The Morgan fingerprint density at radius 3 is 2.71 bits per heavy atom. The molecular formula is C20H28O. The van der Waals surface area contributed by atoms with Gasteiger partial charge in [0, 0.05) is 6.42 Å². The standard InChI is InChI=1S/C20H28O/c1-13-15-7-6-14-16-5-4-10-19(16,2)11-8-17(14)20(15,3)12-9-18(13)21/h4,10,14,16-17H,5-9,11-12H2,1-3H3/t14-,16-,17-,19-,20-/m0/s1. The van der Waals surface area contributed by atoms with Crippen molar-refractivity contribution in [3.63, 3.8) is 0 Å². The molecule has 0 N–H and O–H groups in total. The van der Waals surface area contributed by atoms with E-state index in [1.807, 2.05) is 0 Å². The molecule has 4 rings (SSSR count). The summed E-state index contributed by atoms with van der Waals surface area (Å²) >= 11 is 0. The minimum atomic E-state index is 0.324. The first-order valence-electron chi connectivity index (χ1n) is 8.87. The van der Waals surface area contributed by atoms with E-state index in [9.17, 15) is 4.79 Å². The van der Waals surface area contributed by atoms with Crippen LogP contribution in [0.2, 0.25) is 0 Å². The van der Waals surface area contributed by atoms with Crippen LogP contribution in [0.5, 0.6) is 0 Å². The number of fused-ring (bicyclic) bond motifs is 5. The lowest BCUT2D eigenvalue weighted by Crippen LogP contribution is -2.49. The fourth-order valence-corrected chi connectivity index (χ4v) is 6.47. The number of rotatable bonds is 0. The van der Waals surface area contributed by atoms with Crippen LogP contribution in [0.25, 0.3) is 0 Å². The topological polar surface area (TPSA) is 17.1 Å². The predicted octanol–water partition coefficient (Wildman–Crippen LogP) is 5.07. The van der Waals surface area contributed by atoms with E-state index in [2.05, 4.69) is 32.9 Å². The van der Waals surface area contributed by atoms with Crippen molar-refractivity contribution in [3.8, 4) is 0 Å². The zero-order valence-electron chi connectivity index (χ0n) is 13.7. The molecular weight excluding hydrogens is 256 g/mol. The van der Waals surface area contributed by atoms with Gasteiger partial charge >= 0.3 is 0 Å². The van der Waals surface area contributed by atoms with Gasteiger partial charge in [-0.2, -0.15) is 0 Å². The number of allylic oxidation sites excluding steroid dienone is 4. The lowest BCUT2D eigenvalue weighted by molar-refractivity contribution is -0.118. The van der Waals surface area contributed by atoms with E-state index in [0.29, 0.717) is 16.6 Å². The number of Topliss-reactive ketones (excluding diaryl/α,β-unsaturated/α-hetero) is 1. The van der Waals surface area contributed by atoms with Crippen molar-refractivity contribution in [2.45, 2.75) is 65.7 Å². The number of hydrogen-bond acceptors (Lipinski definition) is 1. The highest BCUT2D eigenvalue weighted by molar-refractivity contribution is 5.96. The van der Waals surface area contributed by atoms with Gasteiger partial charge in [0.25, 0.3) is 0 Å². The van der Waals surface area contributed by atoms with Gasteiger partial charge in [0.15, 0.2) is 5.78 Å². The average molecular weight is 284 g/mol. The van der Waals surface area contributed by atoms with Crippen molar-refractivity contribution in [3.05, 3.63) is 23.3 Å². The van der Waals surface area contributed by atoms with Crippen LogP contribution in [0.3, 0.4) is 0 Å². The van der Waals surface area contributed by atoms with Crippen LogP contribution in [0.1, 0.15) is 65.7 Å². The van der Waals surface area contributed by atoms with E-state index in [0.717, 1.165) is 36.2 Å². The third kappa shape index (κ3) is 1.72. The fraction of sp³-hybridized carbons (Fsp3) is 0.750. The van der Waals surface area contributed by atoms with E-state index in [1.54, 1.807) is 0 Å². The fourth-order valence-electron chi connectivity index (χ4n) is 6.47. The highest BCUT2D eigenvalue weighted by Crippen LogP contribution is 2.64. The molecule has 0 aliphatic heterocycles. The molecule has 0 saturated heterocycles. The van der Waals surface area contributed by atoms with Gasteiger partial charge in [-0.05, 0) is 79.6 Å². The normalized spacial score (nSPS) is 48.9. The van der Waals surface area contributed by atoms with Gasteiger partial charge in [-0.15, -0.1) is 0 Å². The molecule has 21 heavy (non-hydrogen) atoms. The second-order valence-electron chi connectivity index (χ2n) is 8.54. The van der Waals surface area contributed by atoms with Crippen LogP contribution in [0.4, 0.5) is 0 Å². The van der Waals surface area contributed by atoms with Crippen molar-refractivity contribution in [2.75, 3.05) is 0 Å². The Hall–Kier alpha value is -0.850. The molecule has 0 aromatic rings. The summed E-state index contributed by atoms with van der Waals surface area (Å²) in [5.41, 5.74) is 3.46. The third-order valence-corrected chi connectivity index (χ3v) is 7.74. The van der Waals surface area contributed by atoms with E-state index < -0.39 is 0 Å². The largest absolute Gasteiger partial charge is 0.295 e. The molecule has 2 fully saturated rings. The molecule has 114 valence electrons. The Morgan fingerprint density at radius 1 is 1.10 bits per heavy atom. The van der Waals surface area contributed by atoms with Crippen molar-refractivity contribution in [1.82, 2.24) is 0 Å². The first-order chi connectivity index (χ1) is 9.96. The quantitative estimate of drug-likeness (QED) is 0.567. The van der Waals surface area contributed by atoms with Crippen LogP contribution < -0.4 is 0 Å². The number of hydrogen-bond donors (Lipinski definition) is 0. The molecule has 1 heteroatoms. The third-order valence-electron chi connectivity index (χ3n) is 7.74. The molecule has 0 bridgehead atoms.